The zero-order valence-electron chi connectivity index (χ0n) is 11.5. The number of aromatic nitrogens is 1. The van der Waals surface area contributed by atoms with E-state index in [-0.39, 0.29) is 23.9 Å². The molecule has 0 fully saturated rings. The number of nitrogens with zero attached hydrogens (tertiary/aromatic N) is 1. The van der Waals surface area contributed by atoms with Crippen molar-refractivity contribution in [2.24, 2.45) is 5.73 Å². The largest absolute Gasteiger partial charge is 0.586 e. The van der Waals surface area contributed by atoms with E-state index in [0.717, 1.165) is 11.3 Å². The van der Waals surface area contributed by atoms with Gasteiger partial charge in [0.1, 0.15) is 0 Å². The zero-order valence-corrected chi connectivity index (χ0v) is 13.1. The van der Waals surface area contributed by atoms with E-state index in [9.17, 15) is 13.6 Å². The molecule has 3 N–H and O–H groups in total. The second-order valence-electron chi connectivity index (χ2n) is 5.13. The maximum absolute atomic E-state index is 12.9. The summed E-state index contributed by atoms with van der Waals surface area (Å²) in [4.78, 5) is 15.9. The number of alkyl halides is 2. The highest BCUT2D eigenvalue weighted by molar-refractivity contribution is 7.22. The summed E-state index contributed by atoms with van der Waals surface area (Å²) in [7, 11) is 0. The highest BCUT2D eigenvalue weighted by Gasteiger charge is 2.43. The van der Waals surface area contributed by atoms with E-state index in [4.69, 9.17) is 5.73 Å². The molecule has 0 bridgehead atoms. The first-order valence-corrected chi connectivity index (χ1v) is 6.76. The second-order valence-corrected chi connectivity index (χ2v) is 6.16. The van der Waals surface area contributed by atoms with Crippen LogP contribution in [-0.4, -0.2) is 22.7 Å². The standard InChI is InChI=1S/C12H11F2N3O3S.ClH/c1-11(2,15)9(18)17-10-16-5-3-6-7(4-8(5)21-10)20-12(13,14)19-6;/h3-4H,15H2,1-2H3,(H,16,17,18);1H. The maximum atomic E-state index is 12.9. The number of rotatable bonds is 2. The van der Waals surface area contributed by atoms with E-state index in [1.54, 1.807) is 13.8 Å². The van der Waals surface area contributed by atoms with Crippen LogP contribution in [0.15, 0.2) is 12.1 Å². The number of ether oxygens (including phenoxy) is 2. The Labute approximate surface area is 134 Å². The van der Waals surface area contributed by atoms with E-state index in [2.05, 4.69) is 19.8 Å². The maximum Gasteiger partial charge on any atom is 0.586 e. The normalized spacial score (nSPS) is 15.5. The Balaban J connectivity index is 0.00000176. The number of fused-ring (bicyclic) bond motifs is 2. The number of anilines is 1. The first-order chi connectivity index (χ1) is 9.64. The summed E-state index contributed by atoms with van der Waals surface area (Å²) in [6.45, 7) is 3.13. The van der Waals surface area contributed by atoms with Crippen molar-refractivity contribution in [3.05, 3.63) is 12.1 Å². The predicted octanol–water partition coefficient (Wildman–Crippen LogP) is 2.72. The van der Waals surface area contributed by atoms with Gasteiger partial charge in [0.05, 0.1) is 15.8 Å². The summed E-state index contributed by atoms with van der Waals surface area (Å²) in [6.07, 6.45) is -3.66. The molecule has 3 rings (SSSR count). The lowest BCUT2D eigenvalue weighted by atomic mass is 10.1. The molecule has 0 unspecified atom stereocenters. The molecule has 2 heterocycles. The first-order valence-electron chi connectivity index (χ1n) is 5.95. The Hall–Kier alpha value is -1.71. The van der Waals surface area contributed by atoms with Crippen LogP contribution in [0.5, 0.6) is 11.5 Å². The van der Waals surface area contributed by atoms with Gasteiger partial charge in [-0.1, -0.05) is 11.3 Å². The molecule has 1 aliphatic rings. The molecule has 120 valence electrons. The number of hydrogen-bond acceptors (Lipinski definition) is 6. The molecule has 0 saturated carbocycles. The topological polar surface area (TPSA) is 86.5 Å². The van der Waals surface area contributed by atoms with Crippen molar-refractivity contribution in [3.8, 4) is 11.5 Å². The average Bonchev–Trinajstić information content (AvgIpc) is 2.81. The van der Waals surface area contributed by atoms with E-state index < -0.39 is 17.7 Å². The average molecular weight is 352 g/mol. The summed E-state index contributed by atoms with van der Waals surface area (Å²) in [5, 5.41) is 2.90. The fourth-order valence-electron chi connectivity index (χ4n) is 1.68. The number of thiazole rings is 1. The SMILES string of the molecule is CC(C)(N)C(=O)Nc1nc2cc3c(cc2s1)OC(F)(F)O3.Cl. The minimum absolute atomic E-state index is 0. The Kier molecular flexibility index (Phi) is 3.92. The van der Waals surface area contributed by atoms with Gasteiger partial charge in [0, 0.05) is 12.1 Å². The number of amides is 1. The monoisotopic (exact) mass is 351 g/mol. The quantitative estimate of drug-likeness (QED) is 0.868. The Bertz CT molecular complexity index is 700. The summed E-state index contributed by atoms with van der Waals surface area (Å²) in [6, 6.07) is 2.73. The van der Waals surface area contributed by atoms with E-state index in [1.807, 2.05) is 0 Å². The number of carbonyl (C=O) groups is 1. The number of nitrogens with one attached hydrogen (secondary N) is 1. The van der Waals surface area contributed by atoms with Gasteiger partial charge in [-0.2, -0.15) is 0 Å². The van der Waals surface area contributed by atoms with Crippen molar-refractivity contribution in [2.75, 3.05) is 5.32 Å². The molecule has 0 radical (unpaired) electrons. The third kappa shape index (κ3) is 3.06. The smallest absolute Gasteiger partial charge is 0.395 e. The lowest BCUT2D eigenvalue weighted by molar-refractivity contribution is -0.286. The Morgan fingerprint density at radius 2 is 1.95 bits per heavy atom. The summed E-state index contributed by atoms with van der Waals surface area (Å²) >= 11 is 1.13. The van der Waals surface area contributed by atoms with Gasteiger partial charge in [-0.3, -0.25) is 4.79 Å². The minimum atomic E-state index is -3.66. The van der Waals surface area contributed by atoms with Gasteiger partial charge in [-0.15, -0.1) is 21.2 Å². The van der Waals surface area contributed by atoms with Gasteiger partial charge >= 0.3 is 6.29 Å². The highest BCUT2D eigenvalue weighted by atomic mass is 35.5. The molecule has 22 heavy (non-hydrogen) atoms. The molecule has 10 heteroatoms. The van der Waals surface area contributed by atoms with Crippen LogP contribution in [0.4, 0.5) is 13.9 Å². The van der Waals surface area contributed by atoms with Crippen LogP contribution in [0, 0.1) is 0 Å². The van der Waals surface area contributed by atoms with Crippen molar-refractivity contribution >= 4 is 45.0 Å². The molecule has 2 aromatic rings. The number of benzene rings is 1. The van der Waals surface area contributed by atoms with Gasteiger partial charge in [-0.05, 0) is 13.8 Å². The van der Waals surface area contributed by atoms with Gasteiger partial charge < -0.3 is 20.5 Å². The van der Waals surface area contributed by atoms with Gasteiger partial charge in [0.25, 0.3) is 0 Å². The molecule has 0 aliphatic carbocycles. The summed E-state index contributed by atoms with van der Waals surface area (Å²) in [5.74, 6) is -0.545. The number of halogens is 3. The van der Waals surface area contributed by atoms with Crippen molar-refractivity contribution in [2.45, 2.75) is 25.7 Å². The molecular weight excluding hydrogens is 340 g/mol. The number of nitrogens with two attached hydrogens (primary N) is 1. The lowest BCUT2D eigenvalue weighted by Crippen LogP contribution is -2.45. The van der Waals surface area contributed by atoms with Crippen molar-refractivity contribution < 1.29 is 23.0 Å². The van der Waals surface area contributed by atoms with Crippen LogP contribution in [0.25, 0.3) is 10.2 Å². The van der Waals surface area contributed by atoms with Crippen molar-refractivity contribution in [1.29, 1.82) is 0 Å². The predicted molar refractivity (Wildman–Crippen MR) is 80.0 cm³/mol. The number of hydrogen-bond donors (Lipinski definition) is 2. The minimum Gasteiger partial charge on any atom is -0.395 e. The molecule has 0 spiro atoms. The third-order valence-corrected chi connectivity index (χ3v) is 3.65. The van der Waals surface area contributed by atoms with Gasteiger partial charge in [0.2, 0.25) is 5.91 Å². The van der Waals surface area contributed by atoms with Gasteiger partial charge in [0.15, 0.2) is 16.6 Å². The van der Waals surface area contributed by atoms with E-state index >= 15 is 0 Å². The van der Waals surface area contributed by atoms with Crippen LogP contribution in [-0.2, 0) is 4.79 Å². The fourth-order valence-corrected chi connectivity index (χ4v) is 2.56. The molecule has 6 nitrogen and oxygen atoms in total. The van der Waals surface area contributed by atoms with Gasteiger partial charge in [-0.25, -0.2) is 4.98 Å². The molecule has 1 amide bonds. The third-order valence-electron chi connectivity index (χ3n) is 2.72. The molecule has 0 atom stereocenters. The van der Waals surface area contributed by atoms with E-state index in [0.29, 0.717) is 15.3 Å². The molecule has 0 saturated heterocycles. The summed E-state index contributed by atoms with van der Waals surface area (Å²) in [5.41, 5.74) is 5.05. The molecule has 1 aromatic carbocycles. The Morgan fingerprint density at radius 3 is 2.55 bits per heavy atom. The first kappa shape index (κ1) is 16.7. The van der Waals surface area contributed by atoms with Crippen LogP contribution >= 0.6 is 23.7 Å². The van der Waals surface area contributed by atoms with Crippen LogP contribution in [0.2, 0.25) is 0 Å². The van der Waals surface area contributed by atoms with Crippen molar-refractivity contribution in [1.82, 2.24) is 4.98 Å². The summed E-state index contributed by atoms with van der Waals surface area (Å²) < 4.78 is 35.2. The van der Waals surface area contributed by atoms with Crippen LogP contribution < -0.4 is 20.5 Å². The highest BCUT2D eigenvalue weighted by Crippen LogP contribution is 2.44. The zero-order chi connectivity index (χ0) is 15.4. The molecule has 1 aromatic heterocycles. The molecular formula is C12H12ClF2N3O3S. The number of carbonyl (C=O) groups excluding carboxylic acids is 1. The Morgan fingerprint density at radius 1 is 1.36 bits per heavy atom. The molecule has 1 aliphatic heterocycles. The second kappa shape index (κ2) is 5.18. The lowest BCUT2D eigenvalue weighted by Gasteiger charge is -2.16. The van der Waals surface area contributed by atoms with E-state index in [1.165, 1.54) is 12.1 Å². The van der Waals surface area contributed by atoms with Crippen molar-refractivity contribution in [3.63, 3.8) is 0 Å². The fraction of sp³-hybridized carbons (Fsp3) is 0.333. The van der Waals surface area contributed by atoms with Crippen LogP contribution in [0.1, 0.15) is 13.8 Å². The van der Waals surface area contributed by atoms with Crippen LogP contribution in [0.3, 0.4) is 0 Å².